The number of amides is 1. The molecule has 2 aliphatic rings. The largest absolute Gasteiger partial charge is 0.490 e. The highest BCUT2D eigenvalue weighted by molar-refractivity contribution is 5.93. The van der Waals surface area contributed by atoms with Crippen LogP contribution < -0.4 is 0 Å². The van der Waals surface area contributed by atoms with Gasteiger partial charge in [0.2, 0.25) is 0 Å². The number of hydrogen-bond donors (Lipinski definition) is 1. The molecule has 1 N–H and O–H groups in total. The zero-order valence-electron chi connectivity index (χ0n) is 14.1. The number of alkyl halides is 3. The molecule has 7 nitrogen and oxygen atoms in total. The number of aromatic nitrogens is 2. The van der Waals surface area contributed by atoms with Crippen molar-refractivity contribution in [3.8, 4) is 0 Å². The fourth-order valence-electron chi connectivity index (χ4n) is 3.21. The molecule has 1 amide bonds. The van der Waals surface area contributed by atoms with E-state index in [1.165, 1.54) is 13.0 Å². The molecule has 0 aromatic carbocycles. The lowest BCUT2D eigenvalue weighted by atomic mass is 9.79. The first-order chi connectivity index (χ1) is 11.6. The van der Waals surface area contributed by atoms with Crippen LogP contribution in [-0.4, -0.2) is 75.5 Å². The van der Waals surface area contributed by atoms with Crippen LogP contribution in [0.5, 0.6) is 0 Å². The van der Waals surface area contributed by atoms with E-state index < -0.39 is 12.1 Å². The Balaban J connectivity index is 0.000000277. The molecule has 25 heavy (non-hydrogen) atoms. The average Bonchev–Trinajstić information content (AvgIpc) is 3.10. The third kappa shape index (κ3) is 4.30. The highest BCUT2D eigenvalue weighted by Gasteiger charge is 2.49. The molecule has 3 heterocycles. The molecular formula is C15H21F3N4O3. The lowest BCUT2D eigenvalue weighted by Gasteiger charge is -2.48. The monoisotopic (exact) mass is 362 g/mol. The minimum atomic E-state index is -5.08. The first kappa shape index (κ1) is 19.2. The van der Waals surface area contributed by atoms with Crippen molar-refractivity contribution in [2.24, 2.45) is 12.5 Å². The number of hydrogen-bond acceptors (Lipinski definition) is 4. The van der Waals surface area contributed by atoms with Gasteiger partial charge in [-0.05, 0) is 25.6 Å². The molecule has 1 spiro atoms. The maximum atomic E-state index is 12.3. The number of carbonyl (C=O) groups excluding carboxylic acids is 1. The third-order valence-electron chi connectivity index (χ3n) is 4.59. The van der Waals surface area contributed by atoms with Gasteiger partial charge in [-0.25, -0.2) is 4.79 Å². The molecule has 0 saturated carbocycles. The molecule has 2 saturated heterocycles. The van der Waals surface area contributed by atoms with Crippen molar-refractivity contribution < 1.29 is 27.9 Å². The Morgan fingerprint density at radius 2 is 1.92 bits per heavy atom. The molecule has 0 bridgehead atoms. The Bertz CT molecular complexity index is 638. The number of aryl methyl sites for hydroxylation is 1. The molecule has 1 aromatic rings. The van der Waals surface area contributed by atoms with Crippen LogP contribution in [0, 0.1) is 5.41 Å². The lowest BCUT2D eigenvalue weighted by Crippen LogP contribution is -2.59. The molecule has 10 heteroatoms. The summed E-state index contributed by atoms with van der Waals surface area (Å²) in [4.78, 5) is 25.6. The van der Waals surface area contributed by atoms with E-state index in [-0.39, 0.29) is 5.91 Å². The molecule has 1 aromatic heterocycles. The van der Waals surface area contributed by atoms with Crippen LogP contribution in [0.2, 0.25) is 0 Å². The van der Waals surface area contributed by atoms with Gasteiger partial charge in [0.25, 0.3) is 5.91 Å². The van der Waals surface area contributed by atoms with Crippen molar-refractivity contribution in [1.82, 2.24) is 19.6 Å². The van der Waals surface area contributed by atoms with Gasteiger partial charge in [0.15, 0.2) is 0 Å². The van der Waals surface area contributed by atoms with Crippen molar-refractivity contribution in [1.29, 1.82) is 0 Å². The van der Waals surface area contributed by atoms with Crippen LogP contribution in [0.1, 0.15) is 23.8 Å². The quantitative estimate of drug-likeness (QED) is 0.856. The maximum absolute atomic E-state index is 12.3. The molecule has 2 aliphatic heterocycles. The summed E-state index contributed by atoms with van der Waals surface area (Å²) < 4.78 is 33.4. The van der Waals surface area contributed by atoms with Gasteiger partial charge in [0.1, 0.15) is 5.69 Å². The minimum absolute atomic E-state index is 0.121. The molecule has 0 aliphatic carbocycles. The van der Waals surface area contributed by atoms with Crippen LogP contribution in [-0.2, 0) is 11.8 Å². The van der Waals surface area contributed by atoms with Gasteiger partial charge < -0.3 is 14.9 Å². The van der Waals surface area contributed by atoms with E-state index in [0.29, 0.717) is 11.1 Å². The number of nitrogens with zero attached hydrogens (tertiary/aromatic N) is 4. The van der Waals surface area contributed by atoms with Crippen molar-refractivity contribution in [3.05, 3.63) is 18.0 Å². The summed E-state index contributed by atoms with van der Waals surface area (Å²) in [5.74, 6) is -2.64. The molecular weight excluding hydrogens is 341 g/mol. The Morgan fingerprint density at radius 1 is 1.32 bits per heavy atom. The van der Waals surface area contributed by atoms with Gasteiger partial charge in [0, 0.05) is 38.3 Å². The first-order valence-corrected chi connectivity index (χ1v) is 7.88. The van der Waals surface area contributed by atoms with Crippen LogP contribution >= 0.6 is 0 Å². The number of aliphatic carboxylic acids is 1. The number of rotatable bonds is 2. The summed E-state index contributed by atoms with van der Waals surface area (Å²) in [6, 6.07) is 1.79. The Kier molecular flexibility index (Phi) is 5.40. The smallest absolute Gasteiger partial charge is 0.475 e. The fourth-order valence-corrected chi connectivity index (χ4v) is 3.21. The molecule has 0 unspecified atom stereocenters. The van der Waals surface area contributed by atoms with Gasteiger partial charge in [-0.15, -0.1) is 0 Å². The van der Waals surface area contributed by atoms with Gasteiger partial charge in [-0.1, -0.05) is 6.92 Å². The second kappa shape index (κ2) is 7.03. The summed E-state index contributed by atoms with van der Waals surface area (Å²) >= 11 is 0. The van der Waals surface area contributed by atoms with E-state index in [4.69, 9.17) is 9.90 Å². The number of halogens is 3. The van der Waals surface area contributed by atoms with Crippen molar-refractivity contribution >= 4 is 11.9 Å². The SMILES string of the molecule is CCN1CCC2(C1)CN(C(=O)c1ccnn1C)C2.O=C(O)C(F)(F)F. The summed E-state index contributed by atoms with van der Waals surface area (Å²) in [6.07, 6.45) is -2.17. The van der Waals surface area contributed by atoms with Crippen LogP contribution in [0.25, 0.3) is 0 Å². The third-order valence-corrected chi connectivity index (χ3v) is 4.59. The van der Waals surface area contributed by atoms with E-state index in [1.807, 2.05) is 11.9 Å². The Hall–Kier alpha value is -2.10. The lowest BCUT2D eigenvalue weighted by molar-refractivity contribution is -0.192. The zero-order chi connectivity index (χ0) is 18.8. The Labute approximate surface area is 143 Å². The fraction of sp³-hybridized carbons (Fsp3) is 0.667. The molecule has 2 fully saturated rings. The van der Waals surface area contributed by atoms with Crippen LogP contribution in [0.3, 0.4) is 0 Å². The number of carboxylic acid groups (broad SMARTS) is 1. The number of carbonyl (C=O) groups is 2. The molecule has 140 valence electrons. The summed E-state index contributed by atoms with van der Waals surface area (Å²) in [6.45, 7) is 7.48. The van der Waals surface area contributed by atoms with E-state index in [1.54, 1.807) is 16.9 Å². The normalized spacial score (nSPS) is 19.3. The zero-order valence-corrected chi connectivity index (χ0v) is 14.1. The number of likely N-dealkylation sites (tertiary alicyclic amines) is 2. The van der Waals surface area contributed by atoms with Crippen LogP contribution in [0.4, 0.5) is 13.2 Å². The molecule has 0 radical (unpaired) electrons. The summed E-state index contributed by atoms with van der Waals surface area (Å²) in [5.41, 5.74) is 1.07. The van der Waals surface area contributed by atoms with Gasteiger partial charge in [0.05, 0.1) is 0 Å². The van der Waals surface area contributed by atoms with Crippen molar-refractivity contribution in [3.63, 3.8) is 0 Å². The minimum Gasteiger partial charge on any atom is -0.475 e. The van der Waals surface area contributed by atoms with Crippen molar-refractivity contribution in [2.75, 3.05) is 32.7 Å². The molecule has 3 rings (SSSR count). The predicted molar refractivity (Wildman–Crippen MR) is 82.0 cm³/mol. The van der Waals surface area contributed by atoms with E-state index >= 15 is 0 Å². The topological polar surface area (TPSA) is 78.7 Å². The standard InChI is InChI=1S/C13H20N4O.C2HF3O2/c1-3-16-7-5-13(8-16)9-17(10-13)12(18)11-4-6-14-15(11)2;3-2(4,5)1(6)7/h4,6H,3,5,7-10H2,1-2H3;(H,6,7). The average molecular weight is 362 g/mol. The summed E-state index contributed by atoms with van der Waals surface area (Å²) in [5, 5.41) is 11.2. The highest BCUT2D eigenvalue weighted by Crippen LogP contribution is 2.39. The predicted octanol–water partition coefficient (Wildman–Crippen LogP) is 1.22. The van der Waals surface area contributed by atoms with E-state index in [0.717, 1.165) is 26.2 Å². The first-order valence-electron chi connectivity index (χ1n) is 7.88. The summed E-state index contributed by atoms with van der Waals surface area (Å²) in [7, 11) is 1.82. The van der Waals surface area contributed by atoms with Crippen molar-refractivity contribution in [2.45, 2.75) is 19.5 Å². The van der Waals surface area contributed by atoms with Gasteiger partial charge in [-0.2, -0.15) is 18.3 Å². The molecule has 0 atom stereocenters. The maximum Gasteiger partial charge on any atom is 0.490 e. The van der Waals surface area contributed by atoms with E-state index in [2.05, 4.69) is 16.9 Å². The second-order valence-corrected chi connectivity index (χ2v) is 6.42. The highest BCUT2D eigenvalue weighted by atomic mass is 19.4. The Morgan fingerprint density at radius 3 is 2.32 bits per heavy atom. The second-order valence-electron chi connectivity index (χ2n) is 6.42. The van der Waals surface area contributed by atoms with E-state index in [9.17, 15) is 18.0 Å². The van der Waals surface area contributed by atoms with Gasteiger partial charge >= 0.3 is 12.1 Å². The van der Waals surface area contributed by atoms with Crippen LogP contribution in [0.15, 0.2) is 12.3 Å². The van der Waals surface area contributed by atoms with Gasteiger partial charge in [-0.3, -0.25) is 9.48 Å². The number of carboxylic acids is 1.